The van der Waals surface area contributed by atoms with Gasteiger partial charge in [0.2, 0.25) is 5.78 Å². The van der Waals surface area contributed by atoms with Crippen LogP contribution >= 0.6 is 0 Å². The van der Waals surface area contributed by atoms with Crippen LogP contribution in [0.3, 0.4) is 0 Å². The zero-order chi connectivity index (χ0) is 17.5. The SMILES string of the molecule is C[C@@H](CC(=O)C(=O)OC(C)(C)C)NC(=O)OCc1ccccc1. The van der Waals surface area contributed by atoms with E-state index in [-0.39, 0.29) is 13.0 Å². The van der Waals surface area contributed by atoms with Crippen LogP contribution in [0.5, 0.6) is 0 Å². The van der Waals surface area contributed by atoms with Crippen molar-refractivity contribution in [2.75, 3.05) is 0 Å². The van der Waals surface area contributed by atoms with Crippen LogP contribution in [0.15, 0.2) is 30.3 Å². The number of amides is 1. The first-order valence-electron chi connectivity index (χ1n) is 7.41. The van der Waals surface area contributed by atoms with E-state index in [4.69, 9.17) is 9.47 Å². The first-order valence-corrected chi connectivity index (χ1v) is 7.41. The zero-order valence-electron chi connectivity index (χ0n) is 13.9. The lowest BCUT2D eigenvalue weighted by molar-refractivity contribution is -0.162. The van der Waals surface area contributed by atoms with Crippen LogP contribution in [0.1, 0.15) is 39.7 Å². The topological polar surface area (TPSA) is 81.7 Å². The standard InChI is InChI=1S/C17H23NO5/c1-12(10-14(19)15(20)23-17(2,3)4)18-16(21)22-11-13-8-6-5-7-9-13/h5-9,12H,10-11H2,1-4H3,(H,18,21)/t12-/m0/s1. The molecular weight excluding hydrogens is 298 g/mol. The number of nitrogens with one attached hydrogen (secondary N) is 1. The highest BCUT2D eigenvalue weighted by molar-refractivity contribution is 6.33. The maximum atomic E-state index is 11.7. The summed E-state index contributed by atoms with van der Waals surface area (Å²) in [6, 6.07) is 8.70. The highest BCUT2D eigenvalue weighted by Gasteiger charge is 2.24. The van der Waals surface area contributed by atoms with Crippen LogP contribution in [-0.4, -0.2) is 29.5 Å². The molecule has 0 saturated carbocycles. The third kappa shape index (κ3) is 7.99. The third-order valence-electron chi connectivity index (χ3n) is 2.70. The number of hydrogen-bond donors (Lipinski definition) is 1. The Kier molecular flexibility index (Phi) is 6.75. The molecule has 1 amide bonds. The Balaban J connectivity index is 2.35. The minimum Gasteiger partial charge on any atom is -0.454 e. The van der Waals surface area contributed by atoms with Gasteiger partial charge in [0.1, 0.15) is 12.2 Å². The van der Waals surface area contributed by atoms with Crippen molar-refractivity contribution in [3.63, 3.8) is 0 Å². The number of hydrogen-bond acceptors (Lipinski definition) is 5. The highest BCUT2D eigenvalue weighted by atomic mass is 16.6. The van der Waals surface area contributed by atoms with Crippen molar-refractivity contribution in [3.8, 4) is 0 Å². The second-order valence-electron chi connectivity index (χ2n) is 6.24. The van der Waals surface area contributed by atoms with Crippen molar-refractivity contribution in [1.82, 2.24) is 5.32 Å². The lowest BCUT2D eigenvalue weighted by Gasteiger charge is -2.19. The molecule has 6 heteroatoms. The molecule has 0 radical (unpaired) electrons. The van der Waals surface area contributed by atoms with Crippen molar-refractivity contribution in [2.45, 2.75) is 52.4 Å². The van der Waals surface area contributed by atoms with Crippen molar-refractivity contribution >= 4 is 17.8 Å². The summed E-state index contributed by atoms with van der Waals surface area (Å²) in [7, 11) is 0. The van der Waals surface area contributed by atoms with Gasteiger partial charge in [-0.1, -0.05) is 30.3 Å². The predicted molar refractivity (Wildman–Crippen MR) is 84.7 cm³/mol. The molecule has 0 heterocycles. The Morgan fingerprint density at radius 3 is 2.30 bits per heavy atom. The van der Waals surface area contributed by atoms with E-state index in [0.717, 1.165) is 5.56 Å². The van der Waals surface area contributed by atoms with E-state index in [9.17, 15) is 14.4 Å². The molecule has 0 aromatic heterocycles. The molecule has 0 aliphatic rings. The van der Waals surface area contributed by atoms with Crippen LogP contribution < -0.4 is 5.32 Å². The van der Waals surface area contributed by atoms with E-state index in [0.29, 0.717) is 0 Å². The van der Waals surface area contributed by atoms with E-state index in [1.807, 2.05) is 30.3 Å². The van der Waals surface area contributed by atoms with Gasteiger partial charge in [-0.15, -0.1) is 0 Å². The molecule has 126 valence electrons. The number of benzene rings is 1. The van der Waals surface area contributed by atoms with Crippen LogP contribution in [0.2, 0.25) is 0 Å². The molecule has 0 aliphatic heterocycles. The van der Waals surface area contributed by atoms with Gasteiger partial charge in [0, 0.05) is 12.5 Å². The lowest BCUT2D eigenvalue weighted by atomic mass is 10.1. The van der Waals surface area contributed by atoms with E-state index in [1.54, 1.807) is 27.7 Å². The number of ether oxygens (including phenoxy) is 2. The first-order chi connectivity index (χ1) is 10.7. The molecule has 0 aliphatic carbocycles. The molecule has 0 fully saturated rings. The van der Waals surface area contributed by atoms with Crippen molar-refractivity contribution in [1.29, 1.82) is 0 Å². The summed E-state index contributed by atoms with van der Waals surface area (Å²) in [6.07, 6.45) is -0.784. The van der Waals surface area contributed by atoms with Crippen LogP contribution in [0.4, 0.5) is 4.79 Å². The molecule has 1 atom stereocenters. The summed E-state index contributed by atoms with van der Waals surface area (Å²) in [5, 5.41) is 2.51. The smallest absolute Gasteiger partial charge is 0.407 e. The average molecular weight is 321 g/mol. The maximum Gasteiger partial charge on any atom is 0.407 e. The Bertz CT molecular complexity index is 548. The van der Waals surface area contributed by atoms with Gasteiger partial charge in [-0.3, -0.25) is 4.79 Å². The van der Waals surface area contributed by atoms with Crippen LogP contribution in [0.25, 0.3) is 0 Å². The fraction of sp³-hybridized carbons (Fsp3) is 0.471. The van der Waals surface area contributed by atoms with Gasteiger partial charge in [-0.25, -0.2) is 9.59 Å². The Hall–Kier alpha value is -2.37. The molecule has 0 saturated heterocycles. The molecule has 23 heavy (non-hydrogen) atoms. The number of rotatable bonds is 6. The Morgan fingerprint density at radius 1 is 1.13 bits per heavy atom. The van der Waals surface area contributed by atoms with Crippen molar-refractivity contribution in [2.24, 2.45) is 0 Å². The maximum absolute atomic E-state index is 11.7. The predicted octanol–water partition coefficient (Wildman–Crippen LogP) is 2.60. The van der Waals surface area contributed by atoms with Gasteiger partial charge in [-0.2, -0.15) is 0 Å². The largest absolute Gasteiger partial charge is 0.454 e. The van der Waals surface area contributed by atoms with Gasteiger partial charge in [0.25, 0.3) is 0 Å². The summed E-state index contributed by atoms with van der Waals surface area (Å²) in [6.45, 7) is 6.80. The quantitative estimate of drug-likeness (QED) is 0.643. The summed E-state index contributed by atoms with van der Waals surface area (Å²) in [5.74, 6) is -1.58. The molecule has 0 spiro atoms. The molecular formula is C17H23NO5. The van der Waals surface area contributed by atoms with Gasteiger partial charge >= 0.3 is 12.1 Å². The van der Waals surface area contributed by atoms with Gasteiger partial charge in [-0.05, 0) is 33.3 Å². The lowest BCUT2D eigenvalue weighted by Crippen LogP contribution is -2.37. The Labute approximate surface area is 136 Å². The number of ketones is 1. The second-order valence-corrected chi connectivity index (χ2v) is 6.24. The first kappa shape index (κ1) is 18.7. The zero-order valence-corrected chi connectivity index (χ0v) is 13.9. The minimum absolute atomic E-state index is 0.138. The normalized spacial score (nSPS) is 12.2. The number of carbonyl (C=O) groups excluding carboxylic acids is 3. The molecule has 0 bridgehead atoms. The number of Topliss-reactive ketones (excluding diaryl/α,β-unsaturated/α-hetero) is 1. The minimum atomic E-state index is -0.899. The molecule has 1 N–H and O–H groups in total. The monoisotopic (exact) mass is 321 g/mol. The summed E-state index contributed by atoms with van der Waals surface area (Å²) < 4.78 is 10.0. The molecule has 1 aromatic carbocycles. The van der Waals surface area contributed by atoms with E-state index < -0.39 is 29.5 Å². The van der Waals surface area contributed by atoms with Crippen molar-refractivity contribution < 1.29 is 23.9 Å². The summed E-state index contributed by atoms with van der Waals surface area (Å²) in [5.41, 5.74) is 0.137. The Morgan fingerprint density at radius 2 is 1.74 bits per heavy atom. The number of alkyl carbamates (subject to hydrolysis) is 1. The second kappa shape index (κ2) is 8.31. The summed E-state index contributed by atoms with van der Waals surface area (Å²) in [4.78, 5) is 34.9. The molecule has 1 aromatic rings. The van der Waals surface area contributed by atoms with Gasteiger partial charge < -0.3 is 14.8 Å². The fourth-order valence-electron chi connectivity index (χ4n) is 1.71. The van der Waals surface area contributed by atoms with E-state index >= 15 is 0 Å². The average Bonchev–Trinajstić information content (AvgIpc) is 2.44. The van der Waals surface area contributed by atoms with Crippen LogP contribution in [0, 0.1) is 0 Å². The number of carbonyl (C=O) groups is 3. The molecule has 0 unspecified atom stereocenters. The third-order valence-corrected chi connectivity index (χ3v) is 2.70. The molecule has 1 rings (SSSR count). The van der Waals surface area contributed by atoms with E-state index in [2.05, 4.69) is 5.32 Å². The van der Waals surface area contributed by atoms with Crippen LogP contribution in [-0.2, 0) is 25.7 Å². The van der Waals surface area contributed by atoms with Crippen molar-refractivity contribution in [3.05, 3.63) is 35.9 Å². The molecule has 6 nitrogen and oxygen atoms in total. The van der Waals surface area contributed by atoms with Gasteiger partial charge in [0.15, 0.2) is 0 Å². The van der Waals surface area contributed by atoms with E-state index in [1.165, 1.54) is 0 Å². The summed E-state index contributed by atoms with van der Waals surface area (Å²) >= 11 is 0. The fourth-order valence-corrected chi connectivity index (χ4v) is 1.71. The van der Waals surface area contributed by atoms with Gasteiger partial charge in [0.05, 0.1) is 0 Å². The number of esters is 1. The highest BCUT2D eigenvalue weighted by Crippen LogP contribution is 2.08.